The van der Waals surface area contributed by atoms with Crippen molar-refractivity contribution in [2.24, 2.45) is 39.4 Å². The van der Waals surface area contributed by atoms with Crippen LogP contribution in [0.2, 0.25) is 0 Å². The topological polar surface area (TPSA) is 89.9 Å². The summed E-state index contributed by atoms with van der Waals surface area (Å²) in [7, 11) is 0. The Morgan fingerprint density at radius 1 is 0.804 bits per heavy atom. The van der Waals surface area contributed by atoms with E-state index in [1.807, 2.05) is 19.1 Å². The van der Waals surface area contributed by atoms with Crippen LogP contribution in [0.25, 0.3) is 0 Å². The second-order valence-corrected chi connectivity index (χ2v) is 17.3. The van der Waals surface area contributed by atoms with E-state index in [-0.39, 0.29) is 39.6 Å². The van der Waals surface area contributed by atoms with Crippen molar-refractivity contribution in [3.63, 3.8) is 0 Å². The minimum absolute atomic E-state index is 0.0597. The van der Waals surface area contributed by atoms with Crippen molar-refractivity contribution in [1.29, 1.82) is 0 Å². The van der Waals surface area contributed by atoms with Gasteiger partial charge in [0.15, 0.2) is 11.6 Å². The molecule has 3 fully saturated rings. The van der Waals surface area contributed by atoms with E-state index >= 15 is 0 Å². The van der Waals surface area contributed by atoms with Gasteiger partial charge in [-0.1, -0.05) is 66.9 Å². The van der Waals surface area contributed by atoms with Gasteiger partial charge in [0.2, 0.25) is 0 Å². The maximum Gasteiger partial charge on any atom is 0.170 e. The van der Waals surface area contributed by atoms with Crippen LogP contribution in [0.4, 0.5) is 0 Å². The van der Waals surface area contributed by atoms with Crippen LogP contribution in [0.3, 0.4) is 0 Å². The zero-order valence-electron chi connectivity index (χ0n) is 29.4. The molecule has 0 spiro atoms. The largest absolute Gasteiger partial charge is 0.472 e. The second kappa shape index (κ2) is 11.6. The zero-order valence-corrected chi connectivity index (χ0v) is 29.4. The number of ether oxygens (including phenoxy) is 1. The van der Waals surface area contributed by atoms with E-state index in [1.54, 1.807) is 25.1 Å². The molecular weight excluding hydrogens is 576 g/mol. The highest BCUT2D eigenvalue weighted by Crippen LogP contribution is 2.64. The molecule has 2 aromatic rings. The molecule has 2 aromatic heterocycles. The number of aryl methyl sites for hydroxylation is 2. The molecule has 0 amide bonds. The first kappa shape index (κ1) is 33.5. The molecule has 3 saturated carbocycles. The summed E-state index contributed by atoms with van der Waals surface area (Å²) in [6.07, 6.45) is 13.8. The highest BCUT2D eigenvalue weighted by Gasteiger charge is 2.68. The predicted molar refractivity (Wildman–Crippen MR) is 178 cm³/mol. The Morgan fingerprint density at radius 2 is 1.39 bits per heavy atom. The zero-order chi connectivity index (χ0) is 33.3. The number of ketones is 2. The SMILES string of the molecule is CC1=C(CCc2ccoc2)C2(C)CCCC(C)(C)C2C(=O)C1OC1C(=O)C2C(C)(C)CCCC2(C)C(O)(CCc2ccoc2)C1C. The smallest absolute Gasteiger partial charge is 0.170 e. The van der Waals surface area contributed by atoms with E-state index < -0.39 is 29.1 Å². The molecule has 4 aliphatic rings. The molecule has 6 nitrogen and oxygen atoms in total. The van der Waals surface area contributed by atoms with Crippen LogP contribution < -0.4 is 0 Å². The normalized spacial score (nSPS) is 38.8. The summed E-state index contributed by atoms with van der Waals surface area (Å²) in [5.41, 5.74) is 1.92. The molecule has 6 rings (SSSR count). The Bertz CT molecular complexity index is 1460. The fourth-order valence-electron chi connectivity index (χ4n) is 11.4. The number of carbonyl (C=O) groups is 2. The van der Waals surface area contributed by atoms with Gasteiger partial charge in [-0.05, 0) is 103 Å². The minimum Gasteiger partial charge on any atom is -0.472 e. The van der Waals surface area contributed by atoms with Gasteiger partial charge in [0.05, 0.1) is 30.7 Å². The van der Waals surface area contributed by atoms with E-state index in [2.05, 4.69) is 48.5 Å². The van der Waals surface area contributed by atoms with E-state index in [0.29, 0.717) is 12.8 Å². The Labute approximate surface area is 275 Å². The summed E-state index contributed by atoms with van der Waals surface area (Å²) in [5.74, 6) is -0.888. The van der Waals surface area contributed by atoms with Gasteiger partial charge < -0.3 is 18.7 Å². The molecular formula is C40H56O6. The number of carbonyl (C=O) groups excluding carboxylic acids is 2. The number of rotatable bonds is 8. The van der Waals surface area contributed by atoms with Crippen LogP contribution in [0.15, 0.2) is 57.2 Å². The van der Waals surface area contributed by atoms with Gasteiger partial charge in [0.25, 0.3) is 0 Å². The lowest BCUT2D eigenvalue weighted by atomic mass is 9.43. The number of hydrogen-bond acceptors (Lipinski definition) is 6. The number of fused-ring (bicyclic) bond motifs is 2. The van der Waals surface area contributed by atoms with Crippen molar-refractivity contribution >= 4 is 11.6 Å². The van der Waals surface area contributed by atoms with Crippen molar-refractivity contribution in [2.45, 2.75) is 137 Å². The van der Waals surface area contributed by atoms with E-state index in [1.165, 1.54) is 5.57 Å². The summed E-state index contributed by atoms with van der Waals surface area (Å²) in [4.78, 5) is 29.7. The first-order chi connectivity index (χ1) is 21.6. The molecule has 8 unspecified atom stereocenters. The minimum atomic E-state index is -1.16. The average molecular weight is 633 g/mol. The van der Waals surface area contributed by atoms with Crippen LogP contribution in [-0.2, 0) is 27.2 Å². The molecule has 0 aromatic carbocycles. The number of hydrogen-bond donors (Lipinski definition) is 1. The maximum absolute atomic E-state index is 14.8. The quantitative estimate of drug-likeness (QED) is 0.293. The van der Waals surface area contributed by atoms with Gasteiger partial charge >= 0.3 is 0 Å². The molecule has 252 valence electrons. The molecule has 0 bridgehead atoms. The van der Waals surface area contributed by atoms with Crippen LogP contribution in [0.5, 0.6) is 0 Å². The molecule has 46 heavy (non-hydrogen) atoms. The molecule has 6 heteroatoms. The molecule has 0 saturated heterocycles. The molecule has 0 aliphatic heterocycles. The number of Topliss-reactive ketones (excluding diaryl/α,β-unsaturated/α-hetero) is 2. The first-order valence-corrected chi connectivity index (χ1v) is 17.7. The number of allylic oxidation sites excluding steroid dienone is 1. The molecule has 4 aliphatic carbocycles. The third-order valence-electron chi connectivity index (χ3n) is 13.6. The van der Waals surface area contributed by atoms with Gasteiger partial charge in [0.1, 0.15) is 12.2 Å². The highest BCUT2D eigenvalue weighted by molar-refractivity contribution is 5.93. The van der Waals surface area contributed by atoms with Crippen molar-refractivity contribution in [2.75, 3.05) is 0 Å². The summed E-state index contributed by atoms with van der Waals surface area (Å²) < 4.78 is 17.7. The highest BCUT2D eigenvalue weighted by atomic mass is 16.5. The summed E-state index contributed by atoms with van der Waals surface area (Å²) >= 11 is 0. The predicted octanol–water partition coefficient (Wildman–Crippen LogP) is 8.71. The summed E-state index contributed by atoms with van der Waals surface area (Å²) in [5, 5.41) is 13.0. The van der Waals surface area contributed by atoms with Gasteiger partial charge in [-0.15, -0.1) is 0 Å². The molecule has 1 N–H and O–H groups in total. The van der Waals surface area contributed by atoms with Crippen LogP contribution in [0.1, 0.15) is 118 Å². The lowest BCUT2D eigenvalue weighted by Crippen LogP contribution is -2.70. The van der Waals surface area contributed by atoms with Crippen molar-refractivity contribution in [1.82, 2.24) is 0 Å². The van der Waals surface area contributed by atoms with Crippen molar-refractivity contribution in [3.8, 4) is 0 Å². The fourth-order valence-corrected chi connectivity index (χ4v) is 11.4. The maximum atomic E-state index is 14.8. The Kier molecular flexibility index (Phi) is 8.45. The monoisotopic (exact) mass is 632 g/mol. The Morgan fingerprint density at radius 3 is 2.00 bits per heavy atom. The Balaban J connectivity index is 1.41. The summed E-state index contributed by atoms with van der Waals surface area (Å²) in [6, 6.07) is 3.96. The van der Waals surface area contributed by atoms with Crippen molar-refractivity contribution < 1.29 is 28.3 Å². The van der Waals surface area contributed by atoms with Gasteiger partial charge in [-0.3, -0.25) is 9.59 Å². The van der Waals surface area contributed by atoms with Gasteiger partial charge in [0, 0.05) is 23.2 Å². The first-order valence-electron chi connectivity index (χ1n) is 17.7. The average Bonchev–Trinajstić information content (AvgIpc) is 3.68. The number of furan rings is 2. The standard InChI is InChI=1S/C40H56O6/c1-25-29(12-11-27-14-21-44-23-27)38(7)18-9-16-36(3,4)34(38)30(41)32(25)46-33-26(2)40(43,20-13-28-15-22-45-24-28)39(8)19-10-17-37(5,6)35(39)31(33)42/h14-15,21-24,26,32-35,43H,9-13,16-20H2,1-8H3. The third-order valence-corrected chi connectivity index (χ3v) is 13.6. The van der Waals surface area contributed by atoms with E-state index in [0.717, 1.165) is 68.1 Å². The second-order valence-electron chi connectivity index (χ2n) is 17.3. The van der Waals surface area contributed by atoms with Crippen LogP contribution in [0, 0.1) is 39.4 Å². The van der Waals surface area contributed by atoms with E-state index in [9.17, 15) is 14.7 Å². The van der Waals surface area contributed by atoms with Crippen LogP contribution in [-0.4, -0.2) is 34.5 Å². The Hall–Kier alpha value is -2.44. The third kappa shape index (κ3) is 5.12. The molecule has 0 radical (unpaired) electrons. The molecule has 2 heterocycles. The molecule has 8 atom stereocenters. The number of aliphatic hydroxyl groups is 1. The van der Waals surface area contributed by atoms with Crippen molar-refractivity contribution in [3.05, 3.63) is 59.5 Å². The van der Waals surface area contributed by atoms with E-state index in [4.69, 9.17) is 13.6 Å². The lowest BCUT2D eigenvalue weighted by Gasteiger charge is -2.63. The van der Waals surface area contributed by atoms with Gasteiger partial charge in [-0.25, -0.2) is 0 Å². The fraction of sp³-hybridized carbons (Fsp3) is 0.700. The van der Waals surface area contributed by atoms with Gasteiger partial charge in [-0.2, -0.15) is 0 Å². The lowest BCUT2D eigenvalue weighted by molar-refractivity contribution is -0.238. The van der Waals surface area contributed by atoms with Crippen LogP contribution >= 0.6 is 0 Å². The summed E-state index contributed by atoms with van der Waals surface area (Å²) in [6.45, 7) is 17.3.